The molecule has 0 amide bonds. The van der Waals surface area contributed by atoms with E-state index in [1.54, 1.807) is 12.3 Å². The Labute approximate surface area is 257 Å². The minimum absolute atomic E-state index is 0.0451. The summed E-state index contributed by atoms with van der Waals surface area (Å²) in [6.07, 6.45) is -3.12. The van der Waals surface area contributed by atoms with Crippen LogP contribution in [0, 0.1) is 6.92 Å². The van der Waals surface area contributed by atoms with E-state index in [9.17, 15) is 18.0 Å². The third-order valence-electron chi connectivity index (χ3n) is 7.92. The standard InChI is InChI=1S/C33H33F3N6OS/c1-20(2)42-30-23(19-37-32(39-30)38-24-7-9-25(10-8-24)41-15-13-40(4)14-16-41)17-27(31(42)43)26-11-6-22(18-28(26)33(34,35)36)29-12-5-21(3)44-29/h5-12,17-20H,13-16H2,1-4H3,(H,37,38,39). The predicted octanol–water partition coefficient (Wildman–Crippen LogP) is 7.59. The van der Waals surface area contributed by atoms with Crippen molar-refractivity contribution in [2.45, 2.75) is 33.0 Å². The molecular weight excluding hydrogens is 585 g/mol. The fourth-order valence-corrected chi connectivity index (χ4v) is 6.42. The SMILES string of the molecule is Cc1ccc(-c2ccc(-c3cc4cnc(Nc5ccc(N6CCN(C)CC6)cc5)nc4n(C(C)C)c3=O)c(C(F)(F)F)c2)s1. The number of piperazine rings is 1. The smallest absolute Gasteiger partial charge is 0.369 e. The number of benzene rings is 2. The largest absolute Gasteiger partial charge is 0.417 e. The van der Waals surface area contributed by atoms with Gasteiger partial charge in [0.15, 0.2) is 0 Å². The van der Waals surface area contributed by atoms with Gasteiger partial charge in [-0.3, -0.25) is 9.36 Å². The highest BCUT2D eigenvalue weighted by Crippen LogP contribution is 2.40. The van der Waals surface area contributed by atoms with E-state index in [-0.39, 0.29) is 23.1 Å². The van der Waals surface area contributed by atoms with Crippen molar-refractivity contribution in [3.63, 3.8) is 0 Å². The third kappa shape index (κ3) is 5.94. The number of aromatic nitrogens is 3. The lowest BCUT2D eigenvalue weighted by Gasteiger charge is -2.34. The molecule has 0 saturated carbocycles. The molecule has 11 heteroatoms. The number of nitrogens with zero attached hydrogens (tertiary/aromatic N) is 5. The van der Waals surface area contributed by atoms with Gasteiger partial charge in [-0.05, 0) is 87.5 Å². The molecule has 3 aromatic heterocycles. The Hall–Kier alpha value is -4.22. The van der Waals surface area contributed by atoms with Crippen molar-refractivity contribution < 1.29 is 13.2 Å². The number of pyridine rings is 1. The Balaban J connectivity index is 1.36. The van der Waals surface area contributed by atoms with Crippen LogP contribution in [0.15, 0.2) is 71.7 Å². The highest BCUT2D eigenvalue weighted by atomic mass is 32.1. The summed E-state index contributed by atoms with van der Waals surface area (Å²) in [4.78, 5) is 29.3. The number of likely N-dealkylation sites (N-methyl/N-ethyl adjacent to an activating group) is 1. The Morgan fingerprint density at radius 3 is 2.30 bits per heavy atom. The molecule has 6 rings (SSSR count). The number of halogens is 3. The Morgan fingerprint density at radius 2 is 1.66 bits per heavy atom. The van der Waals surface area contributed by atoms with Crippen molar-refractivity contribution in [3.8, 4) is 21.6 Å². The molecule has 0 atom stereocenters. The summed E-state index contributed by atoms with van der Waals surface area (Å²) in [7, 11) is 2.12. The maximum Gasteiger partial charge on any atom is 0.417 e. The van der Waals surface area contributed by atoms with Crippen molar-refractivity contribution >= 4 is 39.7 Å². The van der Waals surface area contributed by atoms with Crippen molar-refractivity contribution in [1.82, 2.24) is 19.4 Å². The van der Waals surface area contributed by atoms with E-state index in [0.29, 0.717) is 16.6 Å². The summed E-state index contributed by atoms with van der Waals surface area (Å²) in [6, 6.07) is 17.0. The first-order chi connectivity index (χ1) is 21.0. The molecule has 4 heterocycles. The second kappa shape index (κ2) is 11.7. The molecule has 0 unspecified atom stereocenters. The molecule has 1 saturated heterocycles. The van der Waals surface area contributed by atoms with Gasteiger partial charge in [0.1, 0.15) is 5.65 Å². The molecule has 0 radical (unpaired) electrons. The molecule has 228 valence electrons. The van der Waals surface area contributed by atoms with Crippen molar-refractivity contribution in [2.75, 3.05) is 43.4 Å². The van der Waals surface area contributed by atoms with Gasteiger partial charge in [-0.25, -0.2) is 4.98 Å². The van der Waals surface area contributed by atoms with Gasteiger partial charge < -0.3 is 15.1 Å². The summed E-state index contributed by atoms with van der Waals surface area (Å²) in [5.74, 6) is 0.290. The molecule has 0 spiro atoms. The van der Waals surface area contributed by atoms with Crippen LogP contribution in [0.2, 0.25) is 0 Å². The van der Waals surface area contributed by atoms with E-state index < -0.39 is 17.3 Å². The average molecular weight is 619 g/mol. The van der Waals surface area contributed by atoms with Crippen LogP contribution in [0.1, 0.15) is 30.3 Å². The Kier molecular flexibility index (Phi) is 7.93. The first-order valence-corrected chi connectivity index (χ1v) is 15.3. The van der Waals surface area contributed by atoms with Crippen molar-refractivity contribution in [3.05, 3.63) is 87.7 Å². The number of hydrogen-bond acceptors (Lipinski definition) is 7. The van der Waals surface area contributed by atoms with Crippen LogP contribution in [-0.2, 0) is 6.18 Å². The number of hydrogen-bond donors (Lipinski definition) is 1. The molecule has 5 aromatic rings. The predicted molar refractivity (Wildman–Crippen MR) is 172 cm³/mol. The molecule has 7 nitrogen and oxygen atoms in total. The van der Waals surface area contributed by atoms with Gasteiger partial charge in [-0.15, -0.1) is 11.3 Å². The zero-order valence-corrected chi connectivity index (χ0v) is 25.8. The molecule has 44 heavy (non-hydrogen) atoms. The lowest BCUT2D eigenvalue weighted by molar-refractivity contribution is -0.137. The van der Waals surface area contributed by atoms with Crippen LogP contribution in [0.25, 0.3) is 32.6 Å². The zero-order chi connectivity index (χ0) is 31.2. The van der Waals surface area contributed by atoms with E-state index in [2.05, 4.69) is 32.1 Å². The minimum Gasteiger partial charge on any atom is -0.369 e. The normalized spacial score (nSPS) is 14.5. The van der Waals surface area contributed by atoms with Gasteiger partial charge >= 0.3 is 6.18 Å². The Bertz CT molecular complexity index is 1870. The highest BCUT2D eigenvalue weighted by molar-refractivity contribution is 7.15. The first-order valence-electron chi connectivity index (χ1n) is 14.5. The van der Waals surface area contributed by atoms with Crippen LogP contribution in [0.5, 0.6) is 0 Å². The summed E-state index contributed by atoms with van der Waals surface area (Å²) in [5.41, 5.74) is 1.12. The van der Waals surface area contributed by atoms with Gasteiger partial charge in [0.25, 0.3) is 5.56 Å². The molecule has 1 aliphatic heterocycles. The maximum atomic E-state index is 14.4. The van der Waals surface area contributed by atoms with E-state index in [1.165, 1.54) is 28.0 Å². The number of aryl methyl sites for hydroxylation is 1. The fourth-order valence-electron chi connectivity index (χ4n) is 5.56. The minimum atomic E-state index is -4.66. The van der Waals surface area contributed by atoms with Gasteiger partial charge in [0.2, 0.25) is 5.95 Å². The zero-order valence-electron chi connectivity index (χ0n) is 24.9. The van der Waals surface area contributed by atoms with E-state index in [0.717, 1.165) is 53.4 Å². The van der Waals surface area contributed by atoms with Crippen LogP contribution in [-0.4, -0.2) is 52.7 Å². The summed E-state index contributed by atoms with van der Waals surface area (Å²) < 4.78 is 44.6. The molecule has 0 aliphatic carbocycles. The average Bonchev–Trinajstić information content (AvgIpc) is 3.43. The second-order valence-corrected chi connectivity index (χ2v) is 12.7. The molecule has 1 N–H and O–H groups in total. The van der Waals surface area contributed by atoms with Gasteiger partial charge in [0.05, 0.1) is 5.56 Å². The maximum absolute atomic E-state index is 14.4. The van der Waals surface area contributed by atoms with E-state index in [4.69, 9.17) is 0 Å². The summed E-state index contributed by atoms with van der Waals surface area (Å²) in [5, 5.41) is 3.67. The number of rotatable bonds is 6. The van der Waals surface area contributed by atoms with E-state index in [1.807, 2.05) is 57.2 Å². The van der Waals surface area contributed by atoms with Gasteiger partial charge in [0, 0.05) is 70.5 Å². The molecule has 2 aromatic carbocycles. The molecule has 0 bridgehead atoms. The highest BCUT2D eigenvalue weighted by Gasteiger charge is 2.35. The number of thiophene rings is 1. The summed E-state index contributed by atoms with van der Waals surface area (Å²) in [6.45, 7) is 9.49. The fraction of sp³-hybridized carbons (Fsp3) is 0.303. The van der Waals surface area contributed by atoms with Crippen LogP contribution in [0.3, 0.4) is 0 Å². The summed E-state index contributed by atoms with van der Waals surface area (Å²) >= 11 is 1.42. The van der Waals surface area contributed by atoms with Gasteiger partial charge in [-0.1, -0.05) is 12.1 Å². The lowest BCUT2D eigenvalue weighted by atomic mass is 9.96. The number of anilines is 3. The monoisotopic (exact) mass is 618 g/mol. The lowest BCUT2D eigenvalue weighted by Crippen LogP contribution is -2.44. The third-order valence-corrected chi connectivity index (χ3v) is 8.97. The first kappa shape index (κ1) is 29.8. The van der Waals surface area contributed by atoms with Crippen molar-refractivity contribution in [2.24, 2.45) is 0 Å². The van der Waals surface area contributed by atoms with Crippen LogP contribution >= 0.6 is 11.3 Å². The number of fused-ring (bicyclic) bond motifs is 1. The Morgan fingerprint density at radius 1 is 0.932 bits per heavy atom. The van der Waals surface area contributed by atoms with Crippen LogP contribution < -0.4 is 15.8 Å². The molecule has 1 aliphatic rings. The quantitative estimate of drug-likeness (QED) is 0.212. The topological polar surface area (TPSA) is 66.3 Å². The van der Waals surface area contributed by atoms with Crippen molar-refractivity contribution in [1.29, 1.82) is 0 Å². The second-order valence-electron chi connectivity index (χ2n) is 11.4. The molecular formula is C33H33F3N6OS. The van der Waals surface area contributed by atoms with Crippen LogP contribution in [0.4, 0.5) is 30.5 Å². The number of alkyl halides is 3. The van der Waals surface area contributed by atoms with E-state index >= 15 is 0 Å². The van der Waals surface area contributed by atoms with Gasteiger partial charge in [-0.2, -0.15) is 18.2 Å². The molecule has 1 fully saturated rings. The number of nitrogens with one attached hydrogen (secondary N) is 1.